The minimum absolute atomic E-state index is 0.135. The topological polar surface area (TPSA) is 59.8 Å². The molecule has 1 fully saturated rings. The lowest BCUT2D eigenvalue weighted by molar-refractivity contribution is 0.0930. The summed E-state index contributed by atoms with van der Waals surface area (Å²) in [6, 6.07) is 10.2. The number of nitrogens with zero attached hydrogens (tertiary/aromatic N) is 3. The van der Waals surface area contributed by atoms with Crippen LogP contribution in [0.25, 0.3) is 0 Å². The van der Waals surface area contributed by atoms with Gasteiger partial charge in [-0.3, -0.25) is 4.79 Å². The summed E-state index contributed by atoms with van der Waals surface area (Å²) < 4.78 is 1.69. The Kier molecular flexibility index (Phi) is 3.50. The average molecular weight is 270 g/mol. The molecule has 20 heavy (non-hydrogen) atoms. The second-order valence-electron chi connectivity index (χ2n) is 5.39. The van der Waals surface area contributed by atoms with Crippen LogP contribution in [-0.4, -0.2) is 26.9 Å². The maximum atomic E-state index is 12.0. The third-order valence-electron chi connectivity index (χ3n) is 3.65. The molecule has 1 aromatic heterocycles. The minimum Gasteiger partial charge on any atom is -0.348 e. The molecule has 5 nitrogen and oxygen atoms in total. The Morgan fingerprint density at radius 1 is 1.40 bits per heavy atom. The quantitative estimate of drug-likeness (QED) is 0.902. The molecule has 0 aliphatic heterocycles. The lowest BCUT2D eigenvalue weighted by Crippen LogP contribution is -2.34. The zero-order valence-corrected chi connectivity index (χ0v) is 11.5. The summed E-state index contributed by atoms with van der Waals surface area (Å²) >= 11 is 0. The fraction of sp³-hybridized carbons (Fsp3) is 0.400. The first-order valence-corrected chi connectivity index (χ1v) is 6.97. The van der Waals surface area contributed by atoms with Gasteiger partial charge in [0.2, 0.25) is 0 Å². The smallest absolute Gasteiger partial charge is 0.273 e. The zero-order valence-electron chi connectivity index (χ0n) is 11.5. The van der Waals surface area contributed by atoms with Crippen LogP contribution < -0.4 is 5.32 Å². The predicted molar refractivity (Wildman–Crippen MR) is 75.2 cm³/mol. The molecule has 0 saturated heterocycles. The van der Waals surface area contributed by atoms with Gasteiger partial charge < -0.3 is 5.32 Å². The van der Waals surface area contributed by atoms with E-state index in [1.54, 1.807) is 10.9 Å². The SMILES string of the molecule is C[C@@H](NC(=O)c1cn(Cc2ccccc2)nn1)C1CC1. The van der Waals surface area contributed by atoms with Gasteiger partial charge in [-0.25, -0.2) is 4.68 Å². The Labute approximate surface area is 118 Å². The molecular weight excluding hydrogens is 252 g/mol. The van der Waals surface area contributed by atoms with E-state index in [0.29, 0.717) is 18.2 Å². The first-order chi connectivity index (χ1) is 9.72. The molecule has 1 N–H and O–H groups in total. The van der Waals surface area contributed by atoms with Crippen molar-refractivity contribution in [3.63, 3.8) is 0 Å². The summed E-state index contributed by atoms with van der Waals surface area (Å²) in [5.74, 6) is 0.502. The highest BCUT2D eigenvalue weighted by atomic mass is 16.2. The van der Waals surface area contributed by atoms with Gasteiger partial charge in [0, 0.05) is 6.04 Å². The van der Waals surface area contributed by atoms with Crippen molar-refractivity contribution in [1.29, 1.82) is 0 Å². The van der Waals surface area contributed by atoms with Crippen molar-refractivity contribution < 1.29 is 4.79 Å². The molecule has 1 aliphatic rings. The molecule has 0 radical (unpaired) electrons. The van der Waals surface area contributed by atoms with Crippen molar-refractivity contribution in [1.82, 2.24) is 20.3 Å². The van der Waals surface area contributed by atoms with Crippen LogP contribution in [0.4, 0.5) is 0 Å². The molecule has 0 spiro atoms. The van der Waals surface area contributed by atoms with Gasteiger partial charge in [-0.15, -0.1) is 5.10 Å². The van der Waals surface area contributed by atoms with Crippen molar-refractivity contribution in [3.05, 3.63) is 47.8 Å². The van der Waals surface area contributed by atoms with E-state index >= 15 is 0 Å². The summed E-state index contributed by atoms with van der Waals surface area (Å²) in [6.07, 6.45) is 4.12. The number of nitrogens with one attached hydrogen (secondary N) is 1. The molecule has 1 atom stereocenters. The maximum absolute atomic E-state index is 12.0. The fourth-order valence-corrected chi connectivity index (χ4v) is 2.25. The van der Waals surface area contributed by atoms with Crippen LogP contribution in [0.1, 0.15) is 35.8 Å². The fourth-order valence-electron chi connectivity index (χ4n) is 2.25. The summed E-state index contributed by atoms with van der Waals surface area (Å²) in [5, 5.41) is 10.9. The van der Waals surface area contributed by atoms with Crippen LogP contribution in [0.3, 0.4) is 0 Å². The first-order valence-electron chi connectivity index (χ1n) is 6.97. The maximum Gasteiger partial charge on any atom is 0.273 e. The molecule has 0 bridgehead atoms. The van der Waals surface area contributed by atoms with Gasteiger partial charge in [0.1, 0.15) is 0 Å². The molecule has 1 amide bonds. The van der Waals surface area contributed by atoms with Gasteiger partial charge >= 0.3 is 0 Å². The Morgan fingerprint density at radius 2 is 2.15 bits per heavy atom. The molecule has 1 heterocycles. The summed E-state index contributed by atoms with van der Waals surface area (Å²) in [7, 11) is 0. The van der Waals surface area contributed by atoms with Gasteiger partial charge in [-0.05, 0) is 31.2 Å². The second kappa shape index (κ2) is 5.45. The summed E-state index contributed by atoms with van der Waals surface area (Å²) in [6.45, 7) is 2.67. The predicted octanol–water partition coefficient (Wildman–Crippen LogP) is 1.85. The second-order valence-corrected chi connectivity index (χ2v) is 5.39. The van der Waals surface area contributed by atoms with E-state index in [1.807, 2.05) is 37.3 Å². The molecule has 1 aliphatic carbocycles. The van der Waals surface area contributed by atoms with Crippen LogP contribution in [-0.2, 0) is 6.54 Å². The Balaban J connectivity index is 1.62. The number of aromatic nitrogens is 3. The van der Waals surface area contributed by atoms with E-state index in [0.717, 1.165) is 5.56 Å². The number of benzene rings is 1. The van der Waals surface area contributed by atoms with Crippen molar-refractivity contribution in [2.45, 2.75) is 32.4 Å². The summed E-state index contributed by atoms with van der Waals surface area (Å²) in [5.41, 5.74) is 1.52. The van der Waals surface area contributed by atoms with Gasteiger partial charge in [0.25, 0.3) is 5.91 Å². The number of amides is 1. The molecule has 104 valence electrons. The largest absolute Gasteiger partial charge is 0.348 e. The van der Waals surface area contributed by atoms with E-state index in [-0.39, 0.29) is 11.9 Å². The van der Waals surface area contributed by atoms with Gasteiger partial charge in [0.15, 0.2) is 5.69 Å². The number of rotatable bonds is 5. The van der Waals surface area contributed by atoms with Crippen LogP contribution in [0.2, 0.25) is 0 Å². The van der Waals surface area contributed by atoms with Crippen LogP contribution >= 0.6 is 0 Å². The zero-order chi connectivity index (χ0) is 13.9. The van der Waals surface area contributed by atoms with Gasteiger partial charge in [0.05, 0.1) is 12.7 Å². The van der Waals surface area contributed by atoms with Crippen molar-refractivity contribution in [2.75, 3.05) is 0 Å². The van der Waals surface area contributed by atoms with E-state index in [4.69, 9.17) is 0 Å². The summed E-state index contributed by atoms with van der Waals surface area (Å²) in [4.78, 5) is 12.0. The molecule has 0 unspecified atom stereocenters. The first kappa shape index (κ1) is 12.8. The number of hydrogen-bond donors (Lipinski definition) is 1. The van der Waals surface area contributed by atoms with Crippen molar-refractivity contribution in [3.8, 4) is 0 Å². The highest BCUT2D eigenvalue weighted by Crippen LogP contribution is 2.32. The lowest BCUT2D eigenvalue weighted by Gasteiger charge is -2.10. The average Bonchev–Trinajstić information content (AvgIpc) is 3.20. The number of carbonyl (C=O) groups excluding carboxylic acids is 1. The van der Waals surface area contributed by atoms with Crippen LogP contribution in [0, 0.1) is 5.92 Å². The minimum atomic E-state index is -0.135. The van der Waals surface area contributed by atoms with Crippen molar-refractivity contribution in [2.24, 2.45) is 5.92 Å². The van der Waals surface area contributed by atoms with E-state index < -0.39 is 0 Å². The Hall–Kier alpha value is -2.17. The van der Waals surface area contributed by atoms with Gasteiger partial charge in [-0.2, -0.15) is 0 Å². The van der Waals surface area contributed by atoms with E-state index in [9.17, 15) is 4.79 Å². The Morgan fingerprint density at radius 3 is 2.85 bits per heavy atom. The lowest BCUT2D eigenvalue weighted by atomic mass is 10.2. The van der Waals surface area contributed by atoms with E-state index in [1.165, 1.54) is 12.8 Å². The standard InChI is InChI=1S/C15H18N4O/c1-11(13-7-8-13)16-15(20)14-10-19(18-17-14)9-12-5-3-2-4-6-12/h2-6,10-11,13H,7-9H2,1H3,(H,16,20)/t11-/m1/s1. The monoisotopic (exact) mass is 270 g/mol. The number of carbonyl (C=O) groups is 1. The molecule has 2 aromatic rings. The third-order valence-corrected chi connectivity index (χ3v) is 3.65. The third kappa shape index (κ3) is 3.04. The Bertz CT molecular complexity index is 589. The highest BCUT2D eigenvalue weighted by molar-refractivity contribution is 5.92. The van der Waals surface area contributed by atoms with E-state index in [2.05, 4.69) is 15.6 Å². The highest BCUT2D eigenvalue weighted by Gasteiger charge is 2.29. The van der Waals surface area contributed by atoms with Crippen LogP contribution in [0.15, 0.2) is 36.5 Å². The molecule has 3 rings (SSSR count). The van der Waals surface area contributed by atoms with Gasteiger partial charge in [-0.1, -0.05) is 35.5 Å². The number of hydrogen-bond acceptors (Lipinski definition) is 3. The molecule has 1 aromatic carbocycles. The van der Waals surface area contributed by atoms with Crippen molar-refractivity contribution >= 4 is 5.91 Å². The molecular formula is C15H18N4O. The normalized spacial score (nSPS) is 15.8. The molecule has 1 saturated carbocycles. The molecule has 5 heteroatoms. The van der Waals surface area contributed by atoms with Crippen LogP contribution in [0.5, 0.6) is 0 Å².